The van der Waals surface area contributed by atoms with Gasteiger partial charge in [-0.3, -0.25) is 4.79 Å². The van der Waals surface area contributed by atoms with Crippen molar-refractivity contribution in [2.24, 2.45) is 0 Å². The Bertz CT molecular complexity index is 575. The van der Waals surface area contributed by atoms with E-state index in [1.54, 1.807) is 0 Å². The number of hydrogen-bond donors (Lipinski definition) is 2. The van der Waals surface area contributed by atoms with Crippen LogP contribution in [0, 0.1) is 5.82 Å². The molecule has 0 saturated carbocycles. The van der Waals surface area contributed by atoms with Crippen LogP contribution in [0.2, 0.25) is 10.0 Å². The molecule has 0 unspecified atom stereocenters. The van der Waals surface area contributed by atoms with Crippen LogP contribution in [0.3, 0.4) is 0 Å². The van der Waals surface area contributed by atoms with Gasteiger partial charge in [-0.2, -0.15) is 5.21 Å². The van der Waals surface area contributed by atoms with Crippen LogP contribution >= 0.6 is 23.2 Å². The van der Waals surface area contributed by atoms with E-state index in [1.807, 2.05) is 0 Å². The standard InChI is InChI=1S/C9H6Cl2FN5O/c10-5-2-6(11)7(12)1-4(5)9(18)13-3-8-14-16-17-15-8/h1-2H,3H2,(H,13,18)(H,14,15,16,17). The number of aromatic amines is 1. The SMILES string of the molecule is O=C(NCc1nn[nH]n1)c1cc(F)c(Cl)cc1Cl. The van der Waals surface area contributed by atoms with Crippen molar-refractivity contribution < 1.29 is 9.18 Å². The van der Waals surface area contributed by atoms with Crippen LogP contribution in [0.5, 0.6) is 0 Å². The largest absolute Gasteiger partial charge is 0.345 e. The number of H-pyrrole nitrogens is 1. The van der Waals surface area contributed by atoms with Crippen molar-refractivity contribution in [2.45, 2.75) is 6.54 Å². The molecule has 0 saturated heterocycles. The van der Waals surface area contributed by atoms with Crippen LogP contribution in [0.1, 0.15) is 16.2 Å². The number of carbonyl (C=O) groups is 1. The molecule has 18 heavy (non-hydrogen) atoms. The van der Waals surface area contributed by atoms with Crippen molar-refractivity contribution in [3.05, 3.63) is 39.4 Å². The number of rotatable bonds is 3. The van der Waals surface area contributed by atoms with E-state index in [-0.39, 0.29) is 22.2 Å². The second-order valence-corrected chi connectivity index (χ2v) is 4.07. The first-order valence-corrected chi connectivity index (χ1v) is 5.48. The molecule has 94 valence electrons. The first kappa shape index (κ1) is 12.7. The maximum Gasteiger partial charge on any atom is 0.253 e. The van der Waals surface area contributed by atoms with Crippen LogP contribution in [0.15, 0.2) is 12.1 Å². The number of nitrogens with one attached hydrogen (secondary N) is 2. The van der Waals surface area contributed by atoms with E-state index in [9.17, 15) is 9.18 Å². The van der Waals surface area contributed by atoms with Gasteiger partial charge in [0.05, 0.1) is 22.2 Å². The lowest BCUT2D eigenvalue weighted by Gasteiger charge is -2.05. The van der Waals surface area contributed by atoms with Gasteiger partial charge >= 0.3 is 0 Å². The van der Waals surface area contributed by atoms with Gasteiger partial charge in [-0.15, -0.1) is 10.2 Å². The third kappa shape index (κ3) is 2.74. The highest BCUT2D eigenvalue weighted by molar-refractivity contribution is 6.36. The van der Waals surface area contributed by atoms with Crippen molar-refractivity contribution in [1.29, 1.82) is 0 Å². The smallest absolute Gasteiger partial charge is 0.253 e. The van der Waals surface area contributed by atoms with Crippen LogP contribution < -0.4 is 5.32 Å². The lowest BCUT2D eigenvalue weighted by molar-refractivity contribution is 0.0949. The normalized spacial score (nSPS) is 10.4. The number of nitrogens with zero attached hydrogens (tertiary/aromatic N) is 3. The second kappa shape index (κ2) is 5.28. The summed E-state index contributed by atoms with van der Waals surface area (Å²) in [6.45, 7) is 0.0515. The monoisotopic (exact) mass is 289 g/mol. The van der Waals surface area contributed by atoms with Gasteiger partial charge in [-0.1, -0.05) is 28.4 Å². The van der Waals surface area contributed by atoms with E-state index in [0.717, 1.165) is 6.07 Å². The van der Waals surface area contributed by atoms with E-state index in [2.05, 4.69) is 25.9 Å². The Morgan fingerprint density at radius 2 is 2.17 bits per heavy atom. The molecule has 1 amide bonds. The molecule has 2 aromatic rings. The summed E-state index contributed by atoms with van der Waals surface area (Å²) in [4.78, 5) is 11.7. The molecule has 0 aliphatic heterocycles. The Hall–Kier alpha value is -1.73. The topological polar surface area (TPSA) is 83.6 Å². The summed E-state index contributed by atoms with van der Waals surface area (Å²) in [7, 11) is 0. The summed E-state index contributed by atoms with van der Waals surface area (Å²) >= 11 is 11.3. The van der Waals surface area contributed by atoms with Crippen molar-refractivity contribution in [1.82, 2.24) is 25.9 Å². The van der Waals surface area contributed by atoms with Crippen molar-refractivity contribution in [2.75, 3.05) is 0 Å². The van der Waals surface area contributed by atoms with Crippen LogP contribution in [-0.4, -0.2) is 26.5 Å². The third-order valence-corrected chi connectivity index (χ3v) is 2.65. The fourth-order valence-corrected chi connectivity index (χ4v) is 1.68. The van der Waals surface area contributed by atoms with E-state index in [4.69, 9.17) is 23.2 Å². The molecule has 1 heterocycles. The Kier molecular flexibility index (Phi) is 3.73. The average Bonchev–Trinajstić information content (AvgIpc) is 2.84. The Morgan fingerprint density at radius 1 is 1.39 bits per heavy atom. The molecular weight excluding hydrogens is 284 g/mol. The lowest BCUT2D eigenvalue weighted by Crippen LogP contribution is -2.24. The first-order valence-electron chi connectivity index (χ1n) is 4.73. The fourth-order valence-electron chi connectivity index (χ4n) is 1.21. The van der Waals surface area contributed by atoms with Gasteiger partial charge in [0.25, 0.3) is 5.91 Å². The highest BCUT2D eigenvalue weighted by Crippen LogP contribution is 2.24. The summed E-state index contributed by atoms with van der Waals surface area (Å²) < 4.78 is 13.2. The predicted molar refractivity (Wildman–Crippen MR) is 61.8 cm³/mol. The maximum atomic E-state index is 13.2. The van der Waals surface area contributed by atoms with Crippen LogP contribution in [-0.2, 0) is 6.54 Å². The molecule has 2 N–H and O–H groups in total. The predicted octanol–water partition coefficient (Wildman–Crippen LogP) is 1.58. The highest BCUT2D eigenvalue weighted by Gasteiger charge is 2.14. The molecular formula is C9H6Cl2FN5O. The number of hydrogen-bond acceptors (Lipinski definition) is 4. The Balaban J connectivity index is 2.11. The quantitative estimate of drug-likeness (QED) is 0.840. The number of aromatic nitrogens is 4. The van der Waals surface area contributed by atoms with Crippen LogP contribution in [0.25, 0.3) is 0 Å². The van der Waals surface area contributed by atoms with Gasteiger partial charge in [0.2, 0.25) is 0 Å². The van der Waals surface area contributed by atoms with Crippen molar-refractivity contribution in [3.8, 4) is 0 Å². The summed E-state index contributed by atoms with van der Waals surface area (Å²) in [6.07, 6.45) is 0. The molecule has 9 heteroatoms. The second-order valence-electron chi connectivity index (χ2n) is 3.26. The minimum atomic E-state index is -0.717. The van der Waals surface area contributed by atoms with E-state index < -0.39 is 11.7 Å². The molecule has 1 aromatic heterocycles. The number of amides is 1. The van der Waals surface area contributed by atoms with Gasteiger partial charge in [-0.05, 0) is 12.1 Å². The molecule has 0 spiro atoms. The molecule has 6 nitrogen and oxygen atoms in total. The summed E-state index contributed by atoms with van der Waals surface area (Å²) in [5.74, 6) is -0.972. The lowest BCUT2D eigenvalue weighted by atomic mass is 10.2. The van der Waals surface area contributed by atoms with Crippen LogP contribution in [0.4, 0.5) is 4.39 Å². The fraction of sp³-hybridized carbons (Fsp3) is 0.111. The van der Waals surface area contributed by atoms with Gasteiger partial charge in [0.1, 0.15) is 5.82 Å². The first-order chi connectivity index (χ1) is 8.58. The molecule has 0 radical (unpaired) electrons. The average molecular weight is 290 g/mol. The van der Waals surface area contributed by atoms with E-state index in [0.29, 0.717) is 5.82 Å². The molecule has 0 fully saturated rings. The molecule has 0 aliphatic carbocycles. The third-order valence-electron chi connectivity index (χ3n) is 2.05. The zero-order valence-electron chi connectivity index (χ0n) is 8.75. The van der Waals surface area contributed by atoms with E-state index in [1.165, 1.54) is 6.07 Å². The summed E-state index contributed by atoms with van der Waals surface area (Å²) in [5.41, 5.74) is -0.0120. The number of tetrazole rings is 1. The minimum absolute atomic E-state index is 0.0120. The zero-order chi connectivity index (χ0) is 13.1. The molecule has 0 aliphatic rings. The summed E-state index contributed by atoms with van der Waals surface area (Å²) in [6, 6.07) is 2.14. The van der Waals surface area contributed by atoms with Gasteiger partial charge in [0.15, 0.2) is 5.82 Å². The highest BCUT2D eigenvalue weighted by atomic mass is 35.5. The molecule has 2 rings (SSSR count). The Labute approximate surface area is 110 Å². The number of carbonyl (C=O) groups excluding carboxylic acids is 1. The zero-order valence-corrected chi connectivity index (χ0v) is 10.3. The van der Waals surface area contributed by atoms with Gasteiger partial charge in [0, 0.05) is 0 Å². The van der Waals surface area contributed by atoms with Crippen molar-refractivity contribution in [3.63, 3.8) is 0 Å². The van der Waals surface area contributed by atoms with Gasteiger partial charge < -0.3 is 5.32 Å². The summed E-state index contributed by atoms with van der Waals surface area (Å²) in [5, 5.41) is 15.2. The number of benzene rings is 1. The molecule has 1 aromatic carbocycles. The molecule has 0 atom stereocenters. The Morgan fingerprint density at radius 3 is 2.83 bits per heavy atom. The number of halogens is 3. The van der Waals surface area contributed by atoms with Gasteiger partial charge in [-0.25, -0.2) is 4.39 Å². The van der Waals surface area contributed by atoms with Crippen molar-refractivity contribution >= 4 is 29.1 Å². The molecule has 0 bridgehead atoms. The maximum absolute atomic E-state index is 13.2. The minimum Gasteiger partial charge on any atom is -0.345 e. The van der Waals surface area contributed by atoms with E-state index >= 15 is 0 Å².